The van der Waals surface area contributed by atoms with Crippen LogP contribution >= 0.6 is 0 Å². The van der Waals surface area contributed by atoms with Crippen LogP contribution in [0.2, 0.25) is 0 Å². The number of carbonyl (C=O) groups is 3. The molecule has 0 atom stereocenters. The third kappa shape index (κ3) is 2.33. The molecule has 6 amide bonds. The molecule has 0 aromatic heterocycles. The highest BCUT2D eigenvalue weighted by Crippen LogP contribution is 2.22. The molecule has 19 heavy (non-hydrogen) atoms. The van der Waals surface area contributed by atoms with Gasteiger partial charge >= 0.3 is 18.1 Å². The number of carbonyl (C=O) groups excluding carboxylic acids is 3. The summed E-state index contributed by atoms with van der Waals surface area (Å²) in [4.78, 5) is 37.3. The van der Waals surface area contributed by atoms with E-state index in [1.807, 2.05) is 0 Å². The summed E-state index contributed by atoms with van der Waals surface area (Å²) in [6, 6.07) is -3.10. The largest absolute Gasteiger partial charge is 0.614 e. The van der Waals surface area contributed by atoms with Crippen LogP contribution in [0.3, 0.4) is 0 Å². The molecule has 1 heterocycles. The van der Waals surface area contributed by atoms with Gasteiger partial charge in [-0.05, 0) is 6.08 Å². The lowest BCUT2D eigenvalue weighted by atomic mass is 10.3. The lowest BCUT2D eigenvalue weighted by molar-refractivity contribution is -0.716. The number of imide groups is 3. The summed E-state index contributed by atoms with van der Waals surface area (Å²) in [6.45, 7) is 9.44. The predicted octanol–water partition coefficient (Wildman–Crippen LogP) is 1.84. The summed E-state index contributed by atoms with van der Waals surface area (Å²) in [6.07, 6.45) is 3.77. The van der Waals surface area contributed by atoms with Crippen molar-refractivity contribution in [3.05, 3.63) is 43.2 Å². The Morgan fingerprint density at radius 3 is 1.68 bits per heavy atom. The number of hydrogen-bond acceptors (Lipinski definition) is 4. The van der Waals surface area contributed by atoms with E-state index in [4.69, 9.17) is 0 Å². The topological polar surface area (TPSA) is 80.8 Å². The smallest absolute Gasteiger partial charge is 0.437 e. The van der Waals surface area contributed by atoms with Gasteiger partial charge in [-0.1, -0.05) is 18.7 Å². The lowest BCUT2D eigenvalue weighted by Gasteiger charge is -2.44. The summed E-state index contributed by atoms with van der Waals surface area (Å²) >= 11 is 0. The Morgan fingerprint density at radius 1 is 0.947 bits per heavy atom. The number of rotatable bonds is 6. The van der Waals surface area contributed by atoms with Crippen LogP contribution in [0.4, 0.5) is 14.4 Å². The van der Waals surface area contributed by atoms with E-state index >= 15 is 0 Å². The van der Waals surface area contributed by atoms with Gasteiger partial charge in [0.25, 0.3) is 0 Å². The second-order valence-electron chi connectivity index (χ2n) is 3.86. The van der Waals surface area contributed by atoms with Crippen LogP contribution in [0.5, 0.6) is 0 Å². The van der Waals surface area contributed by atoms with Crippen LogP contribution in [0.1, 0.15) is 0 Å². The minimum Gasteiger partial charge on any atom is -0.614 e. The van der Waals surface area contributed by atoms with Crippen LogP contribution in [0, 0.1) is 5.21 Å². The highest BCUT2D eigenvalue weighted by Gasteiger charge is 2.52. The number of hydrogen-bond donors (Lipinski definition) is 0. The molecule has 0 saturated carbocycles. The zero-order valence-corrected chi connectivity index (χ0v) is 10.4. The molecule has 0 N–H and O–H groups in total. The van der Waals surface area contributed by atoms with Gasteiger partial charge < -0.3 is 5.21 Å². The van der Waals surface area contributed by atoms with E-state index < -0.39 is 29.3 Å². The summed E-state index contributed by atoms with van der Waals surface area (Å²) in [7, 11) is 0. The summed E-state index contributed by atoms with van der Waals surface area (Å²) in [5, 5.41) is 12.4. The fraction of sp³-hybridized carbons (Fsp3) is 0.250. The van der Waals surface area contributed by atoms with Gasteiger partial charge in [-0.3, -0.25) is 0 Å². The third-order valence-electron chi connectivity index (χ3n) is 2.55. The highest BCUT2D eigenvalue weighted by molar-refractivity contribution is 6.06. The SMILES string of the molecule is C=CCN1C(=O)N(CC=C)C(=O)[N+]([O-])(CC=C)C1=O. The molecular formula is C12H15N3O4. The Bertz CT molecular complexity index is 426. The van der Waals surface area contributed by atoms with E-state index in [-0.39, 0.29) is 13.1 Å². The van der Waals surface area contributed by atoms with Crippen molar-refractivity contribution < 1.29 is 19.0 Å². The van der Waals surface area contributed by atoms with Gasteiger partial charge in [0.15, 0.2) is 0 Å². The number of urea groups is 3. The molecule has 102 valence electrons. The van der Waals surface area contributed by atoms with Crippen molar-refractivity contribution >= 4 is 18.1 Å². The zero-order chi connectivity index (χ0) is 14.6. The van der Waals surface area contributed by atoms with Crippen molar-refractivity contribution in [3.8, 4) is 0 Å². The zero-order valence-electron chi connectivity index (χ0n) is 10.4. The summed E-state index contributed by atoms with van der Waals surface area (Å²) in [5.74, 6) is 0. The Morgan fingerprint density at radius 2 is 1.37 bits per heavy atom. The van der Waals surface area contributed by atoms with E-state index in [1.165, 1.54) is 12.2 Å². The van der Waals surface area contributed by atoms with Gasteiger partial charge in [0.05, 0.1) is 13.1 Å². The Labute approximate surface area is 110 Å². The van der Waals surface area contributed by atoms with Gasteiger partial charge in [0.2, 0.25) is 0 Å². The van der Waals surface area contributed by atoms with Crippen LogP contribution in [0.25, 0.3) is 0 Å². The molecule has 7 heteroatoms. The molecule has 0 spiro atoms. The molecular weight excluding hydrogens is 250 g/mol. The number of quaternary nitrogens is 1. The first-order valence-electron chi connectivity index (χ1n) is 5.53. The molecule has 1 saturated heterocycles. The minimum absolute atomic E-state index is 0.141. The Kier molecular flexibility index (Phi) is 4.36. The molecule has 0 aromatic carbocycles. The van der Waals surface area contributed by atoms with Crippen LogP contribution < -0.4 is 0 Å². The molecule has 0 aliphatic carbocycles. The van der Waals surface area contributed by atoms with Crippen molar-refractivity contribution in [1.29, 1.82) is 0 Å². The average molecular weight is 265 g/mol. The van der Waals surface area contributed by atoms with Crippen LogP contribution in [0.15, 0.2) is 38.0 Å². The van der Waals surface area contributed by atoms with Crippen LogP contribution in [-0.2, 0) is 0 Å². The van der Waals surface area contributed by atoms with Crippen molar-refractivity contribution in [2.45, 2.75) is 0 Å². The Hall–Kier alpha value is -2.25. The average Bonchev–Trinajstić information content (AvgIpc) is 2.38. The summed E-state index contributed by atoms with van der Waals surface area (Å²) in [5.41, 5.74) is 0. The van der Waals surface area contributed by atoms with Crippen LogP contribution in [-0.4, -0.2) is 52.2 Å². The third-order valence-corrected chi connectivity index (χ3v) is 2.55. The predicted molar refractivity (Wildman–Crippen MR) is 68.7 cm³/mol. The fourth-order valence-corrected chi connectivity index (χ4v) is 1.69. The lowest BCUT2D eigenvalue weighted by Crippen LogP contribution is -2.70. The van der Waals surface area contributed by atoms with E-state index in [9.17, 15) is 19.6 Å². The molecule has 0 unspecified atom stereocenters. The maximum atomic E-state index is 12.4. The maximum absolute atomic E-state index is 12.4. The monoisotopic (exact) mass is 265 g/mol. The second-order valence-corrected chi connectivity index (χ2v) is 3.86. The molecule has 0 aromatic rings. The molecule has 0 bridgehead atoms. The first-order chi connectivity index (χ1) is 8.93. The summed E-state index contributed by atoms with van der Waals surface area (Å²) < 4.78 is -1.79. The van der Waals surface area contributed by atoms with E-state index in [1.54, 1.807) is 0 Å². The molecule has 1 aliphatic heterocycles. The van der Waals surface area contributed by atoms with Gasteiger partial charge in [0, 0.05) is 0 Å². The fourth-order valence-electron chi connectivity index (χ4n) is 1.69. The van der Waals surface area contributed by atoms with Crippen molar-refractivity contribution in [3.63, 3.8) is 0 Å². The molecule has 1 rings (SSSR count). The quantitative estimate of drug-likeness (QED) is 0.417. The first kappa shape index (κ1) is 14.8. The number of amides is 6. The van der Waals surface area contributed by atoms with Gasteiger partial charge in [-0.15, -0.1) is 13.2 Å². The normalized spacial score (nSPS) is 18.5. The highest BCUT2D eigenvalue weighted by atomic mass is 16.6. The second kappa shape index (κ2) is 5.59. The standard InChI is InChI=1S/C12H15N3O4/c1-4-7-13-10(16)14(8-5-2)12(18)15(19,9-6-3)11(13)17/h4-6H,1-3,7-9H2. The molecule has 0 radical (unpaired) electrons. The van der Waals surface area contributed by atoms with E-state index in [0.29, 0.717) is 9.80 Å². The van der Waals surface area contributed by atoms with Gasteiger partial charge in [-0.2, -0.15) is 4.65 Å². The van der Waals surface area contributed by atoms with Crippen molar-refractivity contribution in [1.82, 2.24) is 9.80 Å². The maximum Gasteiger partial charge on any atom is 0.437 e. The van der Waals surface area contributed by atoms with Crippen molar-refractivity contribution in [2.24, 2.45) is 0 Å². The van der Waals surface area contributed by atoms with E-state index in [0.717, 1.165) is 6.08 Å². The number of nitrogens with zero attached hydrogens (tertiary/aromatic N) is 3. The molecule has 7 nitrogen and oxygen atoms in total. The van der Waals surface area contributed by atoms with E-state index in [2.05, 4.69) is 19.7 Å². The molecule has 1 aliphatic rings. The van der Waals surface area contributed by atoms with Crippen molar-refractivity contribution in [2.75, 3.05) is 19.6 Å². The van der Waals surface area contributed by atoms with Gasteiger partial charge in [-0.25, -0.2) is 24.2 Å². The molecule has 1 fully saturated rings. The Balaban J connectivity index is 3.26. The van der Waals surface area contributed by atoms with Gasteiger partial charge in [0.1, 0.15) is 6.54 Å². The number of hydroxylamine groups is 3. The first-order valence-corrected chi connectivity index (χ1v) is 5.53. The minimum atomic E-state index is -1.79.